The molecule has 0 aliphatic rings. The molecule has 0 saturated carbocycles. The summed E-state index contributed by atoms with van der Waals surface area (Å²) in [6, 6.07) is 4.60. The third kappa shape index (κ3) is 2.85. The van der Waals surface area contributed by atoms with Crippen molar-refractivity contribution in [1.82, 2.24) is 14.2 Å². The summed E-state index contributed by atoms with van der Waals surface area (Å²) in [5.74, 6) is 5.25. The molecule has 3 N–H and O–H groups in total. The average molecular weight is 252 g/mol. The van der Waals surface area contributed by atoms with Gasteiger partial charge in [0.25, 0.3) is 0 Å². The zero-order valence-electron chi connectivity index (χ0n) is 9.35. The van der Waals surface area contributed by atoms with E-state index in [2.05, 4.69) is 14.2 Å². The van der Waals surface area contributed by atoms with Gasteiger partial charge in [-0.2, -0.15) is 8.75 Å². The highest BCUT2D eigenvalue weighted by molar-refractivity contribution is 6.99. The topological polar surface area (TPSA) is 63.8 Å². The number of hydrazine groups is 1. The Labute approximate surface area is 103 Å². The van der Waals surface area contributed by atoms with Gasteiger partial charge in [-0.1, -0.05) is 6.07 Å². The predicted molar refractivity (Wildman–Crippen MR) is 64.8 cm³/mol. The van der Waals surface area contributed by atoms with E-state index in [0.29, 0.717) is 6.42 Å². The van der Waals surface area contributed by atoms with Crippen molar-refractivity contribution in [2.24, 2.45) is 5.84 Å². The molecule has 0 saturated heterocycles. The minimum atomic E-state index is -0.238. The summed E-state index contributed by atoms with van der Waals surface area (Å²) in [6.07, 6.45) is 2.26. The standard InChI is InChI=1S/C11H13FN4S/c1-7-2-3-9(12)4-8(7)5-10(15-13)11-6-14-17-16-11/h2-4,6,10,15H,5,13H2,1H3. The number of nitrogens with two attached hydrogens (primary N) is 1. The lowest BCUT2D eigenvalue weighted by Gasteiger charge is -2.14. The van der Waals surface area contributed by atoms with E-state index < -0.39 is 0 Å². The maximum Gasteiger partial charge on any atom is 0.123 e. The summed E-state index contributed by atoms with van der Waals surface area (Å²) in [7, 11) is 0. The number of rotatable bonds is 4. The average Bonchev–Trinajstić information content (AvgIpc) is 2.84. The van der Waals surface area contributed by atoms with Crippen molar-refractivity contribution < 1.29 is 4.39 Å². The number of hydrogen-bond acceptors (Lipinski definition) is 5. The largest absolute Gasteiger partial charge is 0.271 e. The molecule has 1 heterocycles. The summed E-state index contributed by atoms with van der Waals surface area (Å²) in [6.45, 7) is 1.95. The van der Waals surface area contributed by atoms with Crippen LogP contribution in [-0.2, 0) is 6.42 Å². The van der Waals surface area contributed by atoms with Crippen LogP contribution in [0.3, 0.4) is 0 Å². The normalized spacial score (nSPS) is 12.6. The van der Waals surface area contributed by atoms with Gasteiger partial charge in [0.05, 0.1) is 29.7 Å². The van der Waals surface area contributed by atoms with E-state index in [4.69, 9.17) is 5.84 Å². The molecule has 0 fully saturated rings. The van der Waals surface area contributed by atoms with Crippen molar-refractivity contribution in [3.05, 3.63) is 47.0 Å². The predicted octanol–water partition coefficient (Wildman–Crippen LogP) is 1.73. The van der Waals surface area contributed by atoms with Gasteiger partial charge >= 0.3 is 0 Å². The minimum absolute atomic E-state index is 0.144. The maximum atomic E-state index is 13.2. The maximum absolute atomic E-state index is 13.2. The second-order valence-electron chi connectivity index (χ2n) is 3.83. The van der Waals surface area contributed by atoms with Gasteiger partial charge in [-0.25, -0.2) is 4.39 Å². The lowest BCUT2D eigenvalue weighted by atomic mass is 10.00. The zero-order valence-corrected chi connectivity index (χ0v) is 10.2. The van der Waals surface area contributed by atoms with Crippen molar-refractivity contribution in [2.45, 2.75) is 19.4 Å². The molecule has 1 aromatic carbocycles. The molecule has 0 spiro atoms. The van der Waals surface area contributed by atoms with Gasteiger partial charge < -0.3 is 0 Å². The Kier molecular flexibility index (Phi) is 3.78. The van der Waals surface area contributed by atoms with E-state index in [1.807, 2.05) is 6.92 Å². The molecule has 6 heteroatoms. The molecule has 0 amide bonds. The van der Waals surface area contributed by atoms with Gasteiger partial charge in [0, 0.05) is 0 Å². The van der Waals surface area contributed by atoms with Crippen molar-refractivity contribution in [3.63, 3.8) is 0 Å². The number of aryl methyl sites for hydroxylation is 1. The van der Waals surface area contributed by atoms with E-state index in [9.17, 15) is 4.39 Å². The first-order valence-electron chi connectivity index (χ1n) is 5.19. The fraction of sp³-hybridized carbons (Fsp3) is 0.273. The van der Waals surface area contributed by atoms with Crippen molar-refractivity contribution >= 4 is 11.7 Å². The number of nitrogens with one attached hydrogen (secondary N) is 1. The van der Waals surface area contributed by atoms with Gasteiger partial charge in [0.2, 0.25) is 0 Å². The van der Waals surface area contributed by atoms with Crippen LogP contribution in [-0.4, -0.2) is 8.75 Å². The highest BCUT2D eigenvalue weighted by atomic mass is 32.1. The smallest absolute Gasteiger partial charge is 0.123 e. The molecular formula is C11H13FN4S. The number of halogens is 1. The third-order valence-electron chi connectivity index (χ3n) is 2.67. The molecule has 0 aliphatic carbocycles. The Hall–Kier alpha value is -1.37. The minimum Gasteiger partial charge on any atom is -0.271 e. The lowest BCUT2D eigenvalue weighted by Crippen LogP contribution is -2.30. The molecule has 17 heavy (non-hydrogen) atoms. The van der Waals surface area contributed by atoms with Gasteiger partial charge in [-0.3, -0.25) is 11.3 Å². The number of benzene rings is 1. The molecule has 0 radical (unpaired) electrons. The Balaban J connectivity index is 2.21. The van der Waals surface area contributed by atoms with Crippen LogP contribution < -0.4 is 11.3 Å². The number of hydrogen-bond donors (Lipinski definition) is 2. The van der Waals surface area contributed by atoms with Crippen molar-refractivity contribution in [1.29, 1.82) is 0 Å². The van der Waals surface area contributed by atoms with E-state index >= 15 is 0 Å². The summed E-state index contributed by atoms with van der Waals surface area (Å²) >= 11 is 1.13. The van der Waals surface area contributed by atoms with Gasteiger partial charge in [-0.05, 0) is 36.6 Å². The van der Waals surface area contributed by atoms with E-state index in [-0.39, 0.29) is 11.9 Å². The molecular weight excluding hydrogens is 239 g/mol. The van der Waals surface area contributed by atoms with Crippen molar-refractivity contribution in [2.75, 3.05) is 0 Å². The first-order valence-corrected chi connectivity index (χ1v) is 5.92. The summed E-state index contributed by atoms with van der Waals surface area (Å²) in [5, 5.41) is 0. The Morgan fingerprint density at radius 3 is 3.00 bits per heavy atom. The van der Waals surface area contributed by atoms with Crippen LogP contribution in [0.15, 0.2) is 24.4 Å². The summed E-state index contributed by atoms with van der Waals surface area (Å²) in [4.78, 5) is 0. The second-order valence-corrected chi connectivity index (χ2v) is 4.38. The van der Waals surface area contributed by atoms with Gasteiger partial charge in [0.1, 0.15) is 5.82 Å². The Bertz CT molecular complexity index is 486. The highest BCUT2D eigenvalue weighted by Crippen LogP contribution is 2.19. The van der Waals surface area contributed by atoms with Crippen LogP contribution in [0.4, 0.5) is 4.39 Å². The Morgan fingerprint density at radius 2 is 2.35 bits per heavy atom. The molecule has 2 rings (SSSR count). The quantitative estimate of drug-likeness (QED) is 0.642. The van der Waals surface area contributed by atoms with E-state index in [1.165, 1.54) is 12.1 Å². The lowest BCUT2D eigenvalue weighted by molar-refractivity contribution is 0.538. The summed E-state index contributed by atoms with van der Waals surface area (Å²) in [5.41, 5.74) is 5.41. The zero-order chi connectivity index (χ0) is 12.3. The first kappa shape index (κ1) is 12.1. The molecule has 2 aromatic rings. The number of aromatic nitrogens is 2. The van der Waals surface area contributed by atoms with E-state index in [0.717, 1.165) is 28.5 Å². The SMILES string of the molecule is Cc1ccc(F)cc1CC(NN)c1cnsn1. The van der Waals surface area contributed by atoms with E-state index in [1.54, 1.807) is 12.3 Å². The fourth-order valence-electron chi connectivity index (χ4n) is 1.65. The fourth-order valence-corrected chi connectivity index (χ4v) is 2.13. The van der Waals surface area contributed by atoms with Crippen LogP contribution in [0.1, 0.15) is 22.9 Å². The molecule has 90 valence electrons. The molecule has 4 nitrogen and oxygen atoms in total. The molecule has 1 aromatic heterocycles. The Morgan fingerprint density at radius 1 is 1.53 bits per heavy atom. The van der Waals surface area contributed by atoms with Crippen LogP contribution >= 0.6 is 11.7 Å². The molecule has 0 aliphatic heterocycles. The molecule has 0 bridgehead atoms. The van der Waals surface area contributed by atoms with Crippen LogP contribution in [0.2, 0.25) is 0 Å². The van der Waals surface area contributed by atoms with Crippen molar-refractivity contribution in [3.8, 4) is 0 Å². The number of nitrogens with zero attached hydrogens (tertiary/aromatic N) is 2. The molecule has 1 unspecified atom stereocenters. The van der Waals surface area contributed by atoms with Crippen LogP contribution in [0.5, 0.6) is 0 Å². The van der Waals surface area contributed by atoms with Crippen LogP contribution in [0, 0.1) is 12.7 Å². The third-order valence-corrected chi connectivity index (χ3v) is 3.16. The van der Waals surface area contributed by atoms with Gasteiger partial charge in [-0.15, -0.1) is 0 Å². The van der Waals surface area contributed by atoms with Crippen LogP contribution in [0.25, 0.3) is 0 Å². The summed E-state index contributed by atoms with van der Waals surface area (Å²) < 4.78 is 21.2. The monoisotopic (exact) mass is 252 g/mol. The highest BCUT2D eigenvalue weighted by Gasteiger charge is 2.14. The second kappa shape index (κ2) is 5.31. The van der Waals surface area contributed by atoms with Gasteiger partial charge in [0.15, 0.2) is 0 Å². The first-order chi connectivity index (χ1) is 8.20. The molecule has 1 atom stereocenters.